The third kappa shape index (κ3) is 4.14. The summed E-state index contributed by atoms with van der Waals surface area (Å²) in [5.41, 5.74) is 11.6. The summed E-state index contributed by atoms with van der Waals surface area (Å²) in [5, 5.41) is 14.7. The Morgan fingerprint density at radius 1 is 0.479 bits per heavy atom. The maximum atomic E-state index is 9.96. The first-order chi connectivity index (χ1) is 23.7. The van der Waals surface area contributed by atoms with E-state index in [1.165, 1.54) is 10.8 Å². The van der Waals surface area contributed by atoms with Gasteiger partial charge in [-0.15, -0.1) is 0 Å². The molecule has 0 aliphatic carbocycles. The van der Waals surface area contributed by atoms with E-state index in [1.807, 2.05) is 36.4 Å². The Labute approximate surface area is 277 Å². The average molecular weight is 611 g/mol. The predicted molar refractivity (Wildman–Crippen MR) is 197 cm³/mol. The lowest BCUT2D eigenvalue weighted by Crippen LogP contribution is -1.99. The Morgan fingerprint density at radius 3 is 1.50 bits per heavy atom. The summed E-state index contributed by atoms with van der Waals surface area (Å²) in [6.07, 6.45) is 0. The van der Waals surface area contributed by atoms with Crippen molar-refractivity contribution in [2.45, 2.75) is 0 Å². The van der Waals surface area contributed by atoms with E-state index >= 15 is 0 Å². The molecule has 0 aliphatic rings. The van der Waals surface area contributed by atoms with Crippen LogP contribution >= 0.6 is 0 Å². The van der Waals surface area contributed by atoms with E-state index < -0.39 is 0 Å². The van der Waals surface area contributed by atoms with E-state index in [4.69, 9.17) is 6.57 Å². The summed E-state index contributed by atoms with van der Waals surface area (Å²) in [6.45, 7) is 7.85. The summed E-state index contributed by atoms with van der Waals surface area (Å²) in [5.74, 6) is 0. The molecule has 0 fully saturated rings. The van der Waals surface area contributed by atoms with Crippen LogP contribution in [0.4, 0.5) is 5.69 Å². The second-order valence-electron chi connectivity index (χ2n) is 12.0. The molecule has 2 aromatic heterocycles. The van der Waals surface area contributed by atoms with Gasteiger partial charge in [-0.2, -0.15) is 5.26 Å². The lowest BCUT2D eigenvalue weighted by atomic mass is 9.91. The van der Waals surface area contributed by atoms with Crippen molar-refractivity contribution in [1.29, 1.82) is 5.26 Å². The first kappa shape index (κ1) is 27.4. The van der Waals surface area contributed by atoms with E-state index in [2.05, 4.69) is 141 Å². The predicted octanol–water partition coefficient (Wildman–Crippen LogP) is 11.6. The number of rotatable bonds is 4. The highest BCUT2D eigenvalue weighted by atomic mass is 15.0. The number of para-hydroxylation sites is 4. The van der Waals surface area contributed by atoms with Crippen molar-refractivity contribution in [3.63, 3.8) is 0 Å². The lowest BCUT2D eigenvalue weighted by molar-refractivity contribution is 1.18. The first-order valence-electron chi connectivity index (χ1n) is 15.9. The van der Waals surface area contributed by atoms with Gasteiger partial charge >= 0.3 is 0 Å². The van der Waals surface area contributed by atoms with Gasteiger partial charge in [0.25, 0.3) is 0 Å². The molecule has 0 aliphatic heterocycles. The normalized spacial score (nSPS) is 11.3. The molecule has 0 spiro atoms. The smallest absolute Gasteiger partial charge is 0.189 e. The lowest BCUT2D eigenvalue weighted by Gasteiger charge is -2.18. The van der Waals surface area contributed by atoms with Crippen LogP contribution in [0.25, 0.3) is 82.1 Å². The minimum Gasteiger partial charge on any atom is -0.310 e. The Hall–Kier alpha value is -6.88. The molecule has 48 heavy (non-hydrogen) atoms. The van der Waals surface area contributed by atoms with Crippen LogP contribution < -0.4 is 0 Å². The number of nitrogens with zero attached hydrogens (tertiary/aromatic N) is 4. The maximum absolute atomic E-state index is 9.96. The number of hydrogen-bond donors (Lipinski definition) is 0. The minimum atomic E-state index is 0.571. The monoisotopic (exact) mass is 610 g/mol. The van der Waals surface area contributed by atoms with Crippen molar-refractivity contribution < 1.29 is 0 Å². The first-order valence-corrected chi connectivity index (χ1v) is 15.9. The quantitative estimate of drug-likeness (QED) is 0.183. The molecule has 4 heteroatoms. The molecule has 0 atom stereocenters. The van der Waals surface area contributed by atoms with Crippen LogP contribution in [-0.4, -0.2) is 9.13 Å². The number of hydrogen-bond acceptors (Lipinski definition) is 1. The van der Waals surface area contributed by atoms with Gasteiger partial charge in [0.15, 0.2) is 5.69 Å². The van der Waals surface area contributed by atoms with Gasteiger partial charge in [0.05, 0.1) is 40.3 Å². The molecule has 0 saturated heterocycles. The fourth-order valence-electron chi connectivity index (χ4n) is 7.26. The van der Waals surface area contributed by atoms with Gasteiger partial charge in [-0.05, 0) is 71.3 Å². The maximum Gasteiger partial charge on any atom is 0.189 e. The molecule has 9 aromatic rings. The van der Waals surface area contributed by atoms with Gasteiger partial charge in [-0.3, -0.25) is 0 Å². The zero-order valence-corrected chi connectivity index (χ0v) is 25.8. The van der Waals surface area contributed by atoms with Crippen LogP contribution in [0.15, 0.2) is 158 Å². The highest BCUT2D eigenvalue weighted by molar-refractivity contribution is 6.11. The number of nitriles is 1. The zero-order valence-electron chi connectivity index (χ0n) is 25.8. The number of benzene rings is 7. The second-order valence-corrected chi connectivity index (χ2v) is 12.0. The van der Waals surface area contributed by atoms with Crippen LogP contribution in [0.1, 0.15) is 5.56 Å². The van der Waals surface area contributed by atoms with E-state index in [0.29, 0.717) is 11.3 Å². The van der Waals surface area contributed by atoms with Crippen molar-refractivity contribution in [2.24, 2.45) is 0 Å². The molecular formula is C44H26N4. The van der Waals surface area contributed by atoms with Crippen molar-refractivity contribution >= 4 is 49.3 Å². The van der Waals surface area contributed by atoms with Crippen molar-refractivity contribution in [1.82, 2.24) is 9.13 Å². The molecule has 9 rings (SSSR count). The van der Waals surface area contributed by atoms with Gasteiger partial charge in [0.1, 0.15) is 0 Å². The Kier molecular flexibility index (Phi) is 6.22. The molecule has 4 nitrogen and oxygen atoms in total. The molecule has 0 N–H and O–H groups in total. The minimum absolute atomic E-state index is 0.571. The summed E-state index contributed by atoms with van der Waals surface area (Å²) >= 11 is 0. The van der Waals surface area contributed by atoms with Crippen LogP contribution in [0.2, 0.25) is 0 Å². The SMILES string of the molecule is [C-]#[N+]c1ccc(-c2ccc(C#N)cc2-c2ccc(-n3c4ccccc4c4ccccc43)cc2)c(-n2c3ccccc3c3ccccc32)c1. The Balaban J connectivity index is 1.26. The van der Waals surface area contributed by atoms with E-state index in [-0.39, 0.29) is 0 Å². The third-order valence-electron chi connectivity index (χ3n) is 9.39. The van der Waals surface area contributed by atoms with Crippen molar-refractivity contribution in [2.75, 3.05) is 0 Å². The van der Waals surface area contributed by atoms with Crippen LogP contribution in [0.3, 0.4) is 0 Å². The molecular weight excluding hydrogens is 585 g/mol. The van der Waals surface area contributed by atoms with Gasteiger partial charge in [0.2, 0.25) is 0 Å². The van der Waals surface area contributed by atoms with Crippen LogP contribution in [0.5, 0.6) is 0 Å². The molecule has 7 aromatic carbocycles. The fourth-order valence-corrected chi connectivity index (χ4v) is 7.26. The molecule has 0 bridgehead atoms. The summed E-state index contributed by atoms with van der Waals surface area (Å²) < 4.78 is 4.58. The highest BCUT2D eigenvalue weighted by Crippen LogP contribution is 2.42. The largest absolute Gasteiger partial charge is 0.310 e. The number of fused-ring (bicyclic) bond motifs is 6. The van der Waals surface area contributed by atoms with E-state index in [1.54, 1.807) is 0 Å². The highest BCUT2D eigenvalue weighted by Gasteiger charge is 2.19. The zero-order chi connectivity index (χ0) is 32.2. The van der Waals surface area contributed by atoms with Crippen molar-refractivity contribution in [3.8, 4) is 39.7 Å². The van der Waals surface area contributed by atoms with Gasteiger partial charge in [0, 0.05) is 38.5 Å². The molecule has 0 saturated carbocycles. The molecule has 2 heterocycles. The average Bonchev–Trinajstić information content (AvgIpc) is 3.67. The fraction of sp³-hybridized carbons (Fsp3) is 0. The Bertz CT molecular complexity index is 2690. The summed E-state index contributed by atoms with van der Waals surface area (Å²) in [6, 6.07) is 56.6. The molecule has 0 unspecified atom stereocenters. The van der Waals surface area contributed by atoms with Crippen LogP contribution in [0, 0.1) is 17.9 Å². The standard InChI is InChI=1S/C44H26N4/c1-46-31-21-25-38(44(27-31)48-42-16-8-4-12-36(42)37-13-5-9-17-43(37)48)33-24-18-29(28-45)26-39(33)30-19-22-32(23-20-30)47-40-14-6-2-10-34(40)35-11-3-7-15-41(35)47/h2-27H. The van der Waals surface area contributed by atoms with Crippen LogP contribution in [-0.2, 0) is 0 Å². The molecule has 0 radical (unpaired) electrons. The molecule has 222 valence electrons. The van der Waals surface area contributed by atoms with Gasteiger partial charge < -0.3 is 9.13 Å². The topological polar surface area (TPSA) is 38.0 Å². The van der Waals surface area contributed by atoms with E-state index in [9.17, 15) is 5.26 Å². The van der Waals surface area contributed by atoms with Crippen molar-refractivity contribution in [3.05, 3.63) is 175 Å². The summed E-state index contributed by atoms with van der Waals surface area (Å²) in [4.78, 5) is 3.81. The summed E-state index contributed by atoms with van der Waals surface area (Å²) in [7, 11) is 0. The van der Waals surface area contributed by atoms with E-state index in [0.717, 1.165) is 66.5 Å². The van der Waals surface area contributed by atoms with Gasteiger partial charge in [-0.25, -0.2) is 4.85 Å². The van der Waals surface area contributed by atoms with Gasteiger partial charge in [-0.1, -0.05) is 103 Å². The molecule has 0 amide bonds. The third-order valence-corrected chi connectivity index (χ3v) is 9.39. The number of aromatic nitrogens is 2. The second kappa shape index (κ2) is 10.9. The Morgan fingerprint density at radius 2 is 0.979 bits per heavy atom.